The summed E-state index contributed by atoms with van der Waals surface area (Å²) < 4.78 is 15.7. The molecule has 37 heteroatoms. The van der Waals surface area contributed by atoms with Crippen molar-refractivity contribution in [2.24, 2.45) is 0 Å². The van der Waals surface area contributed by atoms with Crippen molar-refractivity contribution in [3.63, 3.8) is 0 Å². The molecule has 0 unspecified atom stereocenters. The number of anilines is 8. The number of piperazine rings is 4. The van der Waals surface area contributed by atoms with Crippen molar-refractivity contribution in [3.8, 4) is 39.8 Å². The number of nitrogens with two attached hydrogens (primary N) is 4. The maximum Gasteiger partial charge on any atom is 0.492 e. The van der Waals surface area contributed by atoms with Crippen LogP contribution in [0.15, 0.2) is 106 Å². The Morgan fingerprint density at radius 3 is 1.15 bits per heavy atom. The number of nitrogen functional groups attached to an aromatic ring is 4. The second-order valence-corrected chi connectivity index (χ2v) is 27.5. The number of halogens is 4. The van der Waals surface area contributed by atoms with E-state index >= 15 is 0 Å². The lowest BCUT2D eigenvalue weighted by Gasteiger charge is -2.36. The van der Waals surface area contributed by atoms with Crippen LogP contribution < -0.4 is 53.3 Å². The molecule has 32 nitrogen and oxygen atoms in total. The fraction of sp³-hybridized carbons (Fsp3) is 0.472. The van der Waals surface area contributed by atoms with Gasteiger partial charge in [-0.05, 0) is 153 Å². The number of ketones is 1. The summed E-state index contributed by atoms with van der Waals surface area (Å²) in [5, 5.41) is 82.4. The number of benzene rings is 3. The van der Waals surface area contributed by atoms with Gasteiger partial charge in [-0.25, -0.2) is 0 Å². The summed E-state index contributed by atoms with van der Waals surface area (Å²) in [5.74, 6) is 1.85. The summed E-state index contributed by atoms with van der Waals surface area (Å²) >= 11 is 9.82. The zero-order valence-electron chi connectivity index (χ0n) is 62.2. The van der Waals surface area contributed by atoms with Crippen LogP contribution in [-0.2, 0) is 33.4 Å². The normalized spacial score (nSPS) is 14.3. The van der Waals surface area contributed by atoms with Gasteiger partial charge in [0, 0.05) is 152 Å². The Hall–Kier alpha value is -8.59. The van der Waals surface area contributed by atoms with E-state index in [1.165, 1.54) is 19.2 Å². The van der Waals surface area contributed by atoms with Gasteiger partial charge in [0.15, 0.2) is 23.3 Å². The van der Waals surface area contributed by atoms with Crippen LogP contribution in [0.4, 0.5) is 46.0 Å². The van der Waals surface area contributed by atoms with Gasteiger partial charge in [-0.3, -0.25) is 29.1 Å². The second kappa shape index (κ2) is 49.5. The Morgan fingerprint density at radius 2 is 0.807 bits per heavy atom. The maximum absolute atomic E-state index is 11.4. The first-order chi connectivity index (χ1) is 52.0. The largest absolute Gasteiger partial charge is 0.508 e. The van der Waals surface area contributed by atoms with E-state index in [1.807, 2.05) is 56.3 Å². The van der Waals surface area contributed by atoms with Gasteiger partial charge < -0.3 is 92.2 Å². The topological polar surface area (TPSA) is 439 Å². The van der Waals surface area contributed by atoms with Crippen LogP contribution in [0.2, 0.25) is 0 Å². The number of carbonyl (C=O) groups is 4. The molecule has 4 aromatic heterocycles. The minimum atomic E-state index is -1.60. The lowest BCUT2D eigenvalue weighted by molar-refractivity contribution is -0.144. The second-order valence-electron chi connectivity index (χ2n) is 25.1. The molecule has 0 amide bonds. The lowest BCUT2D eigenvalue weighted by Crippen LogP contribution is -2.47. The molecule has 4 fully saturated rings. The van der Waals surface area contributed by atoms with Gasteiger partial charge >= 0.3 is 25.0 Å². The number of para-hydroxylation sites is 3. The summed E-state index contributed by atoms with van der Waals surface area (Å²) in [6.45, 7) is 23.4. The Kier molecular flexibility index (Phi) is 41.4. The van der Waals surface area contributed by atoms with Crippen molar-refractivity contribution in [1.82, 2.24) is 60.8 Å². The fourth-order valence-electron chi connectivity index (χ4n) is 11.7. The van der Waals surface area contributed by atoms with E-state index in [4.69, 9.17) is 47.6 Å². The number of esters is 3. The van der Waals surface area contributed by atoms with Crippen molar-refractivity contribution in [3.05, 3.63) is 106 Å². The zero-order valence-corrected chi connectivity index (χ0v) is 67.8. The van der Waals surface area contributed by atoms with Crippen LogP contribution >= 0.6 is 60.2 Å². The Labute approximate surface area is 668 Å². The van der Waals surface area contributed by atoms with Gasteiger partial charge in [0.25, 0.3) is 0 Å². The summed E-state index contributed by atoms with van der Waals surface area (Å²) in [5.41, 5.74) is 30.0. The summed E-state index contributed by atoms with van der Waals surface area (Å²) in [6, 6.07) is 27.8. The van der Waals surface area contributed by atoms with Crippen LogP contribution in [0, 0.1) is 0 Å². The highest BCUT2D eigenvalue weighted by atomic mass is 79.9. The number of Topliss-reactive ketones (excluding diaryl/α,β-unsaturated/α-hetero) is 1. The monoisotopic (exact) mass is 1720 g/mol. The first-order valence-electron chi connectivity index (χ1n) is 35.9. The fourth-order valence-corrected chi connectivity index (χ4v) is 12.5. The summed E-state index contributed by atoms with van der Waals surface area (Å²) in [4.78, 5) is 60.0. The number of methoxy groups -OCH3 is 1. The van der Waals surface area contributed by atoms with Crippen LogP contribution in [0.25, 0.3) is 22.5 Å². The molecule has 11 rings (SSSR count). The molecule has 109 heavy (non-hydrogen) atoms. The van der Waals surface area contributed by atoms with E-state index in [9.17, 15) is 29.4 Å². The zero-order chi connectivity index (χ0) is 78.3. The molecular weight excluding hydrogens is 1620 g/mol. The quantitative estimate of drug-likeness (QED) is 0.0140. The first-order valence-corrected chi connectivity index (χ1v) is 38.6. The van der Waals surface area contributed by atoms with Gasteiger partial charge in [-0.15, -0.1) is 53.2 Å². The van der Waals surface area contributed by atoms with Gasteiger partial charge in [-0.1, -0.05) is 58.4 Å². The molecule has 0 saturated carbocycles. The number of nitrogens with zero attached hydrogens (tertiary/aromatic N) is 15. The smallest absolute Gasteiger partial charge is 0.492 e. The molecular formula is C72H103BBr3ClN20O12. The van der Waals surface area contributed by atoms with E-state index in [2.05, 4.69) is 133 Å². The van der Waals surface area contributed by atoms with E-state index in [0.717, 1.165) is 183 Å². The van der Waals surface area contributed by atoms with Crippen molar-refractivity contribution in [2.75, 3.05) is 193 Å². The van der Waals surface area contributed by atoms with Crippen LogP contribution in [0.1, 0.15) is 72.1 Å². The number of phenols is 3. The number of phenolic OH excluding ortho intramolecular Hbond substituents is 3. The predicted molar refractivity (Wildman–Crippen MR) is 438 cm³/mol. The molecule has 8 heterocycles. The first kappa shape index (κ1) is 91.0. The summed E-state index contributed by atoms with van der Waals surface area (Å²) in [7, 11) is -0.197. The van der Waals surface area contributed by atoms with Gasteiger partial charge in [0.05, 0.1) is 54.5 Å². The van der Waals surface area contributed by atoms with E-state index in [-0.39, 0.29) is 58.8 Å². The molecule has 0 spiro atoms. The van der Waals surface area contributed by atoms with Crippen LogP contribution in [0.5, 0.6) is 17.2 Å². The molecule has 0 bridgehead atoms. The van der Waals surface area contributed by atoms with Crippen molar-refractivity contribution >= 4 is 142 Å². The number of aromatic hydroxyl groups is 3. The number of aromatic nitrogens is 8. The Bertz CT molecular complexity index is 3900. The third-order valence-electron chi connectivity index (χ3n) is 17.4. The number of hydrogen-bond acceptors (Lipinski definition) is 32. The molecule has 14 N–H and O–H groups in total. The highest BCUT2D eigenvalue weighted by Crippen LogP contribution is 2.34. The number of alkyl halides is 1. The minimum Gasteiger partial charge on any atom is -0.508 e. The summed E-state index contributed by atoms with van der Waals surface area (Å²) in [6.07, 6.45) is 5.51. The standard InChI is InChI=1S/C20H27N5O3.C19H25N5O2.C14H22BrN5O2.C8H12BrN5.C6H7BO3.C5H9BrO2.ClH/c1-2-28-19(27)8-5-9-24-10-12-25(13-11-24)17-14-16(22-23-20(17)21)15-6-3-4-7-18(15)26;1-14(25)5-4-8-23-9-11-24(12-10-23)17-13-16(21-22-19(17)20)15-6-2-3-7-18(15)26;1-2-22-13(21)4-3-5-19-6-8-20(9-7-19)11-10-12(15)17-18-14(11)16;9-7-5-6(8(10)13-12-7)14-3-1-11-2-4-14;8-6-4-2-1-3-5(6)7(9)10;1-8-5(7)3-2-4-6;/h3-4,6-7,14,26H,2,5,8-13H2,1H3,(H2,21,23);2-3,6-7,13,26H,4-5,8-12H2,1H3,(H2,20,22);10H,2-9H2,1H3,(H2,16,18);5,11H,1-4H2,(H2,10,13);1-4,8-10H;2-4H2,1H3;1H. The molecule has 7 aromatic rings. The molecule has 0 aliphatic carbocycles. The van der Waals surface area contributed by atoms with Gasteiger partial charge in [0.2, 0.25) is 0 Å². The third kappa shape index (κ3) is 31.7. The predicted octanol–water partition coefficient (Wildman–Crippen LogP) is 6.17. The van der Waals surface area contributed by atoms with Crippen molar-refractivity contribution in [2.45, 2.75) is 72.1 Å². The average Bonchev–Trinajstić information content (AvgIpc) is 0.816. The van der Waals surface area contributed by atoms with Gasteiger partial charge in [-0.2, -0.15) is 0 Å². The SMILES string of the molecule is CC(=O)CCCN1CCN(c2cc(-c3ccccc3O)nnc2N)CC1.CCOC(=O)CCCN1CCN(c2cc(-c3ccccc3O)nnc2N)CC1.CCOC(=O)CCCN1CCN(c2cc(Br)nnc2N)CC1.COC(=O)CCCBr.Cl.Nc1nnc(Br)cc1N1CCNCC1.OB(O)c1ccccc1O. The Morgan fingerprint density at radius 1 is 0.468 bits per heavy atom. The van der Waals surface area contributed by atoms with Crippen molar-refractivity contribution in [1.29, 1.82) is 0 Å². The average molecular weight is 1730 g/mol. The molecule has 0 radical (unpaired) electrons. The molecule has 3 aromatic carbocycles. The Balaban J connectivity index is 0.000000245. The van der Waals surface area contributed by atoms with E-state index in [0.29, 0.717) is 89.3 Å². The lowest BCUT2D eigenvalue weighted by atomic mass is 9.80. The van der Waals surface area contributed by atoms with Crippen molar-refractivity contribution < 1.29 is 58.8 Å². The number of carbonyl (C=O) groups excluding carboxylic acids is 4. The molecule has 0 atom stereocenters. The molecule has 594 valence electrons. The highest BCUT2D eigenvalue weighted by Gasteiger charge is 2.25. The molecule has 4 aliphatic rings. The van der Waals surface area contributed by atoms with E-state index in [1.54, 1.807) is 49.4 Å². The van der Waals surface area contributed by atoms with Gasteiger partial charge in [0.1, 0.15) is 32.2 Å². The number of hydrogen-bond donors (Lipinski definition) is 10. The van der Waals surface area contributed by atoms with Crippen LogP contribution in [-0.4, -0.2) is 262 Å². The van der Waals surface area contributed by atoms with Crippen LogP contribution in [0.3, 0.4) is 0 Å². The number of ether oxygens (including phenoxy) is 3. The number of nitrogens with one attached hydrogen (secondary N) is 1. The highest BCUT2D eigenvalue weighted by molar-refractivity contribution is 9.10. The molecule has 4 aliphatic heterocycles. The minimum absolute atomic E-state index is 0. The number of rotatable bonds is 24. The maximum atomic E-state index is 11.4. The molecule has 4 saturated heterocycles. The third-order valence-corrected chi connectivity index (χ3v) is 18.7. The van der Waals surface area contributed by atoms with E-state index < -0.39 is 7.12 Å².